The molecule has 0 spiro atoms. The van der Waals surface area contributed by atoms with Gasteiger partial charge in [0, 0.05) is 30.6 Å². The minimum Gasteiger partial charge on any atom is -0.543 e. The largest absolute Gasteiger partial charge is 0.543 e. The maximum absolute atomic E-state index is 12.9. The molecule has 62 heavy (non-hydrogen) atoms. The first-order chi connectivity index (χ1) is 29.4. The zero-order valence-electron chi connectivity index (χ0n) is 31.8. The van der Waals surface area contributed by atoms with Gasteiger partial charge in [-0.1, -0.05) is 12.1 Å². The first kappa shape index (κ1) is 45.1. The second-order valence-corrected chi connectivity index (χ2v) is 14.4. The molecule has 4 heterocycles. The van der Waals surface area contributed by atoms with Gasteiger partial charge in [0.25, 0.3) is 0 Å². The highest BCUT2D eigenvalue weighted by molar-refractivity contribution is 5.90. The molecular weight excluding hydrogens is 832 g/mol. The highest BCUT2D eigenvalue weighted by Gasteiger charge is 2.54. The molecule has 0 aromatic heterocycles. The van der Waals surface area contributed by atoms with E-state index in [9.17, 15) is 80.1 Å². The van der Waals surface area contributed by atoms with Crippen LogP contribution in [0.4, 0.5) is 5.69 Å². The zero-order valence-corrected chi connectivity index (χ0v) is 31.8. The average molecular weight is 873 g/mol. The number of rotatable bonds is 13. The summed E-state index contributed by atoms with van der Waals surface area (Å²) in [5.74, 6) is -8.53. The molecule has 23 nitrogen and oxygen atoms in total. The first-order valence-corrected chi connectivity index (χ1v) is 18.6. The molecule has 2 fully saturated rings. The third kappa shape index (κ3) is 9.69. The predicted molar refractivity (Wildman–Crippen MR) is 198 cm³/mol. The molecule has 4 aliphatic heterocycles. The lowest BCUT2D eigenvalue weighted by Crippen LogP contribution is -2.66. The molecule has 0 amide bonds. The molecule has 0 aliphatic carbocycles. The molecule has 332 valence electrons. The van der Waals surface area contributed by atoms with Crippen LogP contribution in [0.2, 0.25) is 0 Å². The topological polar surface area (TPSA) is 372 Å². The number of carboxylic acid groups (broad SMARTS) is 4. The van der Waals surface area contributed by atoms with Gasteiger partial charge in [-0.15, -0.1) is 0 Å². The average Bonchev–Trinajstić information content (AvgIpc) is 3.58. The molecule has 1 unspecified atom stereocenters. The number of phenolic OH excluding ortho intramolecular Hbond substituents is 2. The fourth-order valence-corrected chi connectivity index (χ4v) is 7.05. The van der Waals surface area contributed by atoms with Crippen molar-refractivity contribution >= 4 is 47.8 Å². The minimum atomic E-state index is -2.20. The Labute approximate surface area is 348 Å². The van der Waals surface area contributed by atoms with Crippen molar-refractivity contribution < 1.29 is 108 Å². The van der Waals surface area contributed by atoms with Crippen LogP contribution in [0.3, 0.4) is 0 Å². The van der Waals surface area contributed by atoms with Gasteiger partial charge in [-0.25, -0.2) is 19.2 Å². The van der Waals surface area contributed by atoms with Crippen LogP contribution in [0.1, 0.15) is 17.5 Å². The number of aliphatic hydroxyl groups excluding tert-OH is 5. The van der Waals surface area contributed by atoms with Gasteiger partial charge < -0.3 is 90.0 Å². The number of carbonyl (C=O) groups excluding carboxylic acids is 2. The van der Waals surface area contributed by atoms with Gasteiger partial charge in [-0.2, -0.15) is 4.58 Å². The quantitative estimate of drug-likeness (QED) is 0.0522. The van der Waals surface area contributed by atoms with E-state index in [0.29, 0.717) is 5.56 Å². The van der Waals surface area contributed by atoms with Gasteiger partial charge in [0.15, 0.2) is 42.3 Å². The van der Waals surface area contributed by atoms with Crippen LogP contribution in [0, 0.1) is 0 Å². The lowest BCUT2D eigenvalue weighted by molar-refractivity contribution is -0.475. The maximum Gasteiger partial charge on any atom is 0.351 e. The number of nitrogens with zero attached hydrogens (tertiary/aromatic N) is 1. The summed E-state index contributed by atoms with van der Waals surface area (Å²) in [6, 6.07) is 5.06. The van der Waals surface area contributed by atoms with Gasteiger partial charge >= 0.3 is 23.9 Å². The second-order valence-electron chi connectivity index (χ2n) is 14.4. The van der Waals surface area contributed by atoms with E-state index in [2.05, 4.69) is 5.32 Å². The van der Waals surface area contributed by atoms with E-state index in [-0.39, 0.29) is 35.4 Å². The fourth-order valence-electron chi connectivity index (χ4n) is 7.05. The summed E-state index contributed by atoms with van der Waals surface area (Å²) in [6.45, 7) is -0.916. The van der Waals surface area contributed by atoms with Crippen molar-refractivity contribution in [2.75, 3.05) is 6.61 Å². The van der Waals surface area contributed by atoms with E-state index in [0.717, 1.165) is 18.2 Å². The minimum absolute atomic E-state index is 0.0590. The number of aliphatic carboxylic acids is 4. The number of ether oxygens (including phenoxy) is 5. The van der Waals surface area contributed by atoms with Crippen LogP contribution in [-0.4, -0.2) is 172 Å². The number of hydrogen-bond acceptors (Lipinski definition) is 19. The van der Waals surface area contributed by atoms with Crippen molar-refractivity contribution in [1.82, 2.24) is 5.32 Å². The monoisotopic (exact) mass is 872 g/mol. The lowest BCUT2D eigenvalue weighted by atomic mass is 9.97. The highest BCUT2D eigenvalue weighted by atomic mass is 16.8. The van der Waals surface area contributed by atoms with Crippen LogP contribution in [0.25, 0.3) is 6.08 Å². The highest BCUT2D eigenvalue weighted by Crippen LogP contribution is 2.41. The molecule has 0 bridgehead atoms. The number of hydrogen-bond donors (Lipinski definition) is 11. The molecule has 0 saturated carbocycles. The first-order valence-electron chi connectivity index (χ1n) is 18.6. The number of carboxylic acids is 4. The van der Waals surface area contributed by atoms with Gasteiger partial charge in [0.2, 0.25) is 18.0 Å². The number of benzene rings is 2. The number of fused-ring (bicyclic) bond motifs is 1. The number of carbonyl (C=O) groups is 5. The molecule has 2 aromatic rings. The van der Waals surface area contributed by atoms with Gasteiger partial charge in [0.1, 0.15) is 54.0 Å². The van der Waals surface area contributed by atoms with E-state index in [4.69, 9.17) is 23.7 Å². The number of phenols is 2. The van der Waals surface area contributed by atoms with Crippen LogP contribution >= 0.6 is 0 Å². The van der Waals surface area contributed by atoms with Crippen molar-refractivity contribution in [3.63, 3.8) is 0 Å². The van der Waals surface area contributed by atoms with Crippen LogP contribution in [-0.2, 0) is 49.3 Å². The third-order valence-electron chi connectivity index (χ3n) is 10.2. The van der Waals surface area contributed by atoms with Gasteiger partial charge in [0.05, 0.1) is 12.7 Å². The molecule has 2 saturated heterocycles. The summed E-state index contributed by atoms with van der Waals surface area (Å²) in [6.07, 6.45) is -15.0. The maximum atomic E-state index is 12.9. The van der Waals surface area contributed by atoms with Crippen molar-refractivity contribution in [2.24, 2.45) is 0 Å². The molecule has 2 aromatic carbocycles. The van der Waals surface area contributed by atoms with Crippen LogP contribution in [0.5, 0.6) is 17.2 Å². The summed E-state index contributed by atoms with van der Waals surface area (Å²) in [7, 11) is 0. The Kier molecular flexibility index (Phi) is 13.6. The Morgan fingerprint density at radius 3 is 2.19 bits per heavy atom. The standard InChI is InChI=1S/C39H40N2O21/c42-14-25-27(46)28(47)33(62-39-32(30(49)29(48)31(61-39)37(56)57)60-26(45)6-3-15-1-4-18(43)5-2-15)38(59-25)58-24-12-17-11-22(36(54)55)41(21(17)13-23(24)44)8-7-16-9-19(34(50)51)40-20(10-16)35(52)53/h1-9,12-13,20,22,25,27-33,38-39,42,46-49H,10-11,14H2,(H6,43,44,45,50,51,52,53,54,55,56,57)/t20?,22-,25+,27+,28-,29-,30-,31-,32+,33+,38+,39-/m0/s1. The SMILES string of the molecule is O=C(/C=C/c1ccc(O)cc1)O[C@H]1[C@H](O[C@H]2[C@H](Oc3cc4c(cc3O)[N+](=C/C=C3/C=C(C(=O)O)NC(C(=O)O)C3)[C@H](C(=O)[O-])C4)O[C@H](CO)[C@@H](O)[C@@H]2O)O[C@H](C(=O)O)[C@@H](O)[C@@H]1O. The van der Waals surface area contributed by atoms with Crippen molar-refractivity contribution in [1.29, 1.82) is 0 Å². The number of aromatic hydroxyl groups is 2. The van der Waals surface area contributed by atoms with Crippen LogP contribution in [0.15, 0.2) is 65.9 Å². The molecule has 4 aliphatic rings. The normalized spacial score (nSPS) is 32.1. The van der Waals surface area contributed by atoms with E-state index < -0.39 is 127 Å². The summed E-state index contributed by atoms with van der Waals surface area (Å²) in [5.41, 5.74) is 0.483. The second kappa shape index (κ2) is 18.7. The number of nitrogens with one attached hydrogen (secondary N) is 1. The van der Waals surface area contributed by atoms with E-state index >= 15 is 0 Å². The molecule has 12 atom stereocenters. The van der Waals surface area contributed by atoms with Crippen LogP contribution < -0.4 is 15.2 Å². The summed E-state index contributed by atoms with van der Waals surface area (Å²) < 4.78 is 29.2. The summed E-state index contributed by atoms with van der Waals surface area (Å²) in [5, 5.41) is 117. The molecule has 11 N–H and O–H groups in total. The lowest BCUT2D eigenvalue weighted by Gasteiger charge is -2.46. The van der Waals surface area contributed by atoms with Crippen molar-refractivity contribution in [2.45, 2.75) is 86.3 Å². The zero-order chi connectivity index (χ0) is 45.2. The Morgan fingerprint density at radius 1 is 0.871 bits per heavy atom. The van der Waals surface area contributed by atoms with E-state index in [1.807, 2.05) is 0 Å². The van der Waals surface area contributed by atoms with E-state index in [1.165, 1.54) is 53.3 Å². The number of esters is 1. The summed E-state index contributed by atoms with van der Waals surface area (Å²) in [4.78, 5) is 60.4. The Bertz CT molecular complexity index is 2200. The Balaban J connectivity index is 1.30. The fraction of sp³-hybridized carbons (Fsp3) is 0.385. The van der Waals surface area contributed by atoms with Crippen molar-refractivity contribution in [3.05, 3.63) is 77.0 Å². The third-order valence-corrected chi connectivity index (χ3v) is 10.2. The number of aliphatic hydroxyl groups is 5. The molecular formula is C39H40N2O21. The smallest absolute Gasteiger partial charge is 0.351 e. The Hall–Kier alpha value is -6.44. The molecule has 6 rings (SSSR count). The predicted octanol–water partition coefficient (Wildman–Crippen LogP) is -3.81. The Morgan fingerprint density at radius 2 is 1.56 bits per heavy atom. The van der Waals surface area contributed by atoms with Crippen molar-refractivity contribution in [3.8, 4) is 17.2 Å². The molecule has 23 heteroatoms. The summed E-state index contributed by atoms with van der Waals surface area (Å²) >= 11 is 0. The number of allylic oxidation sites excluding steroid dienone is 2. The van der Waals surface area contributed by atoms with Gasteiger partial charge in [-0.05, 0) is 41.5 Å². The van der Waals surface area contributed by atoms with Gasteiger partial charge in [-0.3, -0.25) is 0 Å². The van der Waals surface area contributed by atoms with E-state index in [1.54, 1.807) is 0 Å². The molecule has 0 radical (unpaired) electrons.